The quantitative estimate of drug-likeness (QED) is 0.0945. The molecule has 0 unspecified atom stereocenters. The van der Waals surface area contributed by atoms with Gasteiger partial charge in [0.2, 0.25) is 0 Å². The van der Waals surface area contributed by atoms with Gasteiger partial charge in [0.25, 0.3) is 0 Å². The van der Waals surface area contributed by atoms with Crippen LogP contribution < -0.4 is 14.7 Å². The molecule has 4 nitrogen and oxygen atoms in total. The van der Waals surface area contributed by atoms with Gasteiger partial charge in [-0.3, -0.25) is 0 Å². The zero-order valence-corrected chi connectivity index (χ0v) is 24.6. The molecular weight excluding hydrogens is 526 g/mol. The lowest BCUT2D eigenvalue weighted by Gasteiger charge is -2.31. The average molecular weight is 564 g/mol. The largest absolute Gasteiger partial charge is 0.707 e. The fourth-order valence-corrected chi connectivity index (χ4v) is 10.8. The number of fused-ring (bicyclic) bond motifs is 4. The van der Waals surface area contributed by atoms with Gasteiger partial charge < -0.3 is 19.4 Å². The highest BCUT2D eigenvalue weighted by atomic mass is 31.1. The van der Waals surface area contributed by atoms with Gasteiger partial charge in [0.15, 0.2) is 0 Å². The van der Waals surface area contributed by atoms with Gasteiger partial charge in [-0.2, -0.15) is 0 Å². The maximum atomic E-state index is 9.14. The normalized spacial score (nSPS) is 15.9. The molecule has 5 aromatic rings. The minimum atomic E-state index is -1.83. The second-order valence-corrected chi connectivity index (χ2v) is 14.0. The van der Waals surface area contributed by atoms with Gasteiger partial charge in [0.1, 0.15) is 11.5 Å². The Bertz CT molecular complexity index is 1610. The predicted molar refractivity (Wildman–Crippen MR) is 174 cm³/mol. The van der Waals surface area contributed by atoms with Crippen molar-refractivity contribution in [2.45, 2.75) is 62.7 Å². The highest BCUT2D eigenvalue weighted by Gasteiger charge is 2.35. The minimum absolute atomic E-state index is 0.00965. The van der Waals surface area contributed by atoms with Crippen molar-refractivity contribution in [3.63, 3.8) is 0 Å². The summed E-state index contributed by atoms with van der Waals surface area (Å²) in [5.74, 6) is 1.61. The zero-order valence-electron chi connectivity index (χ0n) is 23.7. The Balaban J connectivity index is 0.000000149. The van der Waals surface area contributed by atoms with Crippen LogP contribution in [0.3, 0.4) is 0 Å². The van der Waals surface area contributed by atoms with Crippen molar-refractivity contribution in [2.75, 3.05) is 7.11 Å². The summed E-state index contributed by atoms with van der Waals surface area (Å²) in [6.07, 6.45) is 11.6. The summed E-state index contributed by atoms with van der Waals surface area (Å²) in [4.78, 5) is 0. The van der Waals surface area contributed by atoms with Crippen molar-refractivity contribution >= 4 is 52.9 Å². The van der Waals surface area contributed by atoms with Crippen molar-refractivity contribution < 1.29 is 19.4 Å². The summed E-state index contributed by atoms with van der Waals surface area (Å²) < 4.78 is 10.8. The molecule has 210 valence electrons. The van der Waals surface area contributed by atoms with Crippen LogP contribution in [-0.4, -0.2) is 35.8 Å². The third kappa shape index (κ3) is 6.09. The molecule has 2 aliphatic carbocycles. The summed E-state index contributed by atoms with van der Waals surface area (Å²) in [6, 6.07) is 30.9. The van der Waals surface area contributed by atoms with E-state index in [4.69, 9.17) is 19.4 Å². The number of para-hydroxylation sites is 1. The van der Waals surface area contributed by atoms with Crippen LogP contribution in [0, 0.1) is 0 Å². The van der Waals surface area contributed by atoms with Crippen LogP contribution in [0.4, 0.5) is 0 Å². The maximum absolute atomic E-state index is 9.14. The summed E-state index contributed by atoms with van der Waals surface area (Å²) >= 11 is 0. The number of hydrogen-bond donors (Lipinski definition) is 2. The predicted octanol–water partition coefficient (Wildman–Crippen LogP) is 8.18. The summed E-state index contributed by atoms with van der Waals surface area (Å²) in [6.45, 7) is 0. The molecule has 2 aliphatic rings. The van der Waals surface area contributed by atoms with Crippen molar-refractivity contribution in [2.24, 2.45) is 0 Å². The van der Waals surface area contributed by atoms with E-state index >= 15 is 0 Å². The van der Waals surface area contributed by atoms with E-state index < -0.39 is 7.32 Å². The van der Waals surface area contributed by atoms with E-state index in [0.717, 1.165) is 44.0 Å². The Labute approximate surface area is 244 Å². The molecule has 5 aromatic carbocycles. The highest BCUT2D eigenvalue weighted by molar-refractivity contribution is 7.67. The Morgan fingerprint density at radius 2 is 1.20 bits per heavy atom. The molecule has 2 saturated carbocycles. The molecule has 6 heteroatoms. The number of ether oxygens (including phenoxy) is 1. The van der Waals surface area contributed by atoms with Gasteiger partial charge in [-0.1, -0.05) is 100 Å². The number of methoxy groups -OCH3 is 1. The first kappa shape index (κ1) is 28.0. The van der Waals surface area contributed by atoms with Crippen LogP contribution in [0.15, 0.2) is 91.0 Å². The second kappa shape index (κ2) is 12.8. The number of rotatable bonds is 6. The summed E-state index contributed by atoms with van der Waals surface area (Å²) in [5, 5.41) is 26.2. The Kier molecular flexibility index (Phi) is 8.77. The van der Waals surface area contributed by atoms with Crippen LogP contribution in [0.5, 0.6) is 11.5 Å². The van der Waals surface area contributed by atoms with Gasteiger partial charge in [0, 0.05) is 10.7 Å². The standard InChI is InChI=1S/C18H13BO3.C17H25OP/c20-19(21)22-17-7-3-6-12-8-9-15-10-13-4-1-2-5-14(13)11-16(15)18(12)17;1-18-16-12-6-7-13-17(16)19(14-8-2-3-9-14)15-10-4-5-11-15/h1-11,20-21H;6-7,12-15H,2-5,8-11H2,1H3. The molecule has 2 fully saturated rings. The first-order valence-electron chi connectivity index (χ1n) is 14.9. The van der Waals surface area contributed by atoms with E-state index in [2.05, 4.69) is 54.6 Å². The molecule has 0 heterocycles. The average Bonchev–Trinajstić information content (AvgIpc) is 3.72. The molecule has 0 spiro atoms. The fourth-order valence-electron chi connectivity index (χ4n) is 6.88. The first-order chi connectivity index (χ1) is 20.1. The van der Waals surface area contributed by atoms with E-state index in [1.54, 1.807) is 11.4 Å². The third-order valence-corrected chi connectivity index (χ3v) is 12.3. The number of benzene rings is 5. The molecule has 41 heavy (non-hydrogen) atoms. The third-order valence-electron chi connectivity index (χ3n) is 8.72. The van der Waals surface area contributed by atoms with Crippen molar-refractivity contribution in [1.29, 1.82) is 0 Å². The van der Waals surface area contributed by atoms with Gasteiger partial charge >= 0.3 is 7.32 Å². The first-order valence-corrected chi connectivity index (χ1v) is 16.4. The van der Waals surface area contributed by atoms with Crippen LogP contribution in [0.25, 0.3) is 32.3 Å². The fraction of sp³-hybridized carbons (Fsp3) is 0.314. The van der Waals surface area contributed by atoms with E-state index in [-0.39, 0.29) is 7.92 Å². The molecule has 7 rings (SSSR count). The van der Waals surface area contributed by atoms with E-state index in [9.17, 15) is 0 Å². The highest BCUT2D eigenvalue weighted by Crippen LogP contribution is 2.57. The minimum Gasteiger partial charge on any atom is -0.511 e. The van der Waals surface area contributed by atoms with Crippen LogP contribution >= 0.6 is 7.92 Å². The molecule has 0 aliphatic heterocycles. The van der Waals surface area contributed by atoms with Gasteiger partial charge in [-0.15, -0.1) is 0 Å². The molecule has 2 N–H and O–H groups in total. The van der Waals surface area contributed by atoms with Crippen molar-refractivity contribution in [3.8, 4) is 11.5 Å². The summed E-state index contributed by atoms with van der Waals surface area (Å²) in [7, 11) is -0.0128. The van der Waals surface area contributed by atoms with Crippen molar-refractivity contribution in [3.05, 3.63) is 91.0 Å². The lowest BCUT2D eigenvalue weighted by molar-refractivity contribution is 0.289. The van der Waals surface area contributed by atoms with Gasteiger partial charge in [-0.05, 0) is 88.2 Å². The molecule has 0 saturated heterocycles. The summed E-state index contributed by atoms with van der Waals surface area (Å²) in [5.41, 5.74) is 1.93. The topological polar surface area (TPSA) is 58.9 Å². The molecule has 0 amide bonds. The molecular formula is C35H38BO4P. The zero-order chi connectivity index (χ0) is 28.2. The maximum Gasteiger partial charge on any atom is 0.707 e. The molecule has 0 atom stereocenters. The van der Waals surface area contributed by atoms with Crippen LogP contribution in [0.2, 0.25) is 0 Å². The Morgan fingerprint density at radius 3 is 1.85 bits per heavy atom. The van der Waals surface area contributed by atoms with E-state index in [1.807, 2.05) is 37.4 Å². The lowest BCUT2D eigenvalue weighted by atomic mass is 9.97. The molecule has 0 aromatic heterocycles. The number of hydrogen-bond acceptors (Lipinski definition) is 4. The van der Waals surface area contributed by atoms with Gasteiger partial charge in [-0.25, -0.2) is 0 Å². The van der Waals surface area contributed by atoms with Crippen molar-refractivity contribution in [1.82, 2.24) is 0 Å². The Hall–Kier alpha value is -3.11. The molecule has 0 bridgehead atoms. The van der Waals surface area contributed by atoms with Gasteiger partial charge in [0.05, 0.1) is 7.11 Å². The Morgan fingerprint density at radius 1 is 0.634 bits per heavy atom. The monoisotopic (exact) mass is 564 g/mol. The van der Waals surface area contributed by atoms with E-state index in [1.165, 1.54) is 56.8 Å². The van der Waals surface area contributed by atoms with Crippen LogP contribution in [-0.2, 0) is 0 Å². The SMILES string of the molecule is COc1ccccc1P(C1CCCC1)C1CCCC1.OB(O)Oc1cccc2ccc3cc4ccccc4cc3c12. The molecule has 0 radical (unpaired) electrons. The second-order valence-electron chi connectivity index (χ2n) is 11.2. The lowest BCUT2D eigenvalue weighted by Crippen LogP contribution is -2.20. The smallest absolute Gasteiger partial charge is 0.511 e. The van der Waals surface area contributed by atoms with E-state index in [0.29, 0.717) is 5.75 Å². The van der Waals surface area contributed by atoms with Crippen LogP contribution in [0.1, 0.15) is 51.4 Å².